The first-order valence-electron chi connectivity index (χ1n) is 10.6. The van der Waals surface area contributed by atoms with Gasteiger partial charge in [0.1, 0.15) is 11.9 Å². The third-order valence-electron chi connectivity index (χ3n) is 5.76. The Kier molecular flexibility index (Phi) is 6.40. The highest BCUT2D eigenvalue weighted by molar-refractivity contribution is 5.67. The first kappa shape index (κ1) is 20.8. The van der Waals surface area contributed by atoms with Crippen molar-refractivity contribution in [1.82, 2.24) is 35.2 Å². The van der Waals surface area contributed by atoms with Gasteiger partial charge in [-0.1, -0.05) is 13.3 Å². The SMILES string of the molecule is CCC1CC(OC(=O)NCc2ccncc2)CC1c1nnc2cncc(/C=C\NC)n12. The fourth-order valence-electron chi connectivity index (χ4n) is 4.23. The first-order chi connectivity index (χ1) is 15.2. The molecule has 0 aromatic carbocycles. The highest BCUT2D eigenvalue weighted by Crippen LogP contribution is 2.42. The van der Waals surface area contributed by atoms with E-state index < -0.39 is 6.09 Å². The van der Waals surface area contributed by atoms with Crippen LogP contribution in [0.5, 0.6) is 0 Å². The molecule has 162 valence electrons. The van der Waals surface area contributed by atoms with Crippen molar-refractivity contribution in [2.75, 3.05) is 7.05 Å². The summed E-state index contributed by atoms with van der Waals surface area (Å²) in [6, 6.07) is 3.73. The third-order valence-corrected chi connectivity index (χ3v) is 5.76. The summed E-state index contributed by atoms with van der Waals surface area (Å²) in [4.78, 5) is 20.6. The number of nitrogens with zero attached hydrogens (tertiary/aromatic N) is 5. The number of pyridine rings is 1. The van der Waals surface area contributed by atoms with Crippen LogP contribution < -0.4 is 10.6 Å². The summed E-state index contributed by atoms with van der Waals surface area (Å²) >= 11 is 0. The lowest BCUT2D eigenvalue weighted by molar-refractivity contribution is 0.0977. The van der Waals surface area contributed by atoms with Crippen LogP contribution in [0, 0.1) is 5.92 Å². The minimum Gasteiger partial charge on any atom is -0.446 e. The van der Waals surface area contributed by atoms with Crippen molar-refractivity contribution in [3.05, 3.63) is 60.2 Å². The molecule has 1 aliphatic rings. The second kappa shape index (κ2) is 9.55. The number of nitrogens with one attached hydrogen (secondary N) is 2. The van der Waals surface area contributed by atoms with Gasteiger partial charge in [0.2, 0.25) is 0 Å². The summed E-state index contributed by atoms with van der Waals surface area (Å²) in [5, 5.41) is 14.6. The van der Waals surface area contributed by atoms with E-state index in [0.29, 0.717) is 18.1 Å². The van der Waals surface area contributed by atoms with E-state index >= 15 is 0 Å². The number of alkyl carbamates (subject to hydrolysis) is 1. The van der Waals surface area contributed by atoms with Crippen LogP contribution in [0.3, 0.4) is 0 Å². The molecule has 0 spiro atoms. The van der Waals surface area contributed by atoms with Crippen LogP contribution in [0.25, 0.3) is 11.7 Å². The first-order valence-corrected chi connectivity index (χ1v) is 10.6. The summed E-state index contributed by atoms with van der Waals surface area (Å²) in [5.41, 5.74) is 2.59. The second-order valence-electron chi connectivity index (χ2n) is 7.69. The number of carbonyl (C=O) groups excluding carboxylic acids is 1. The van der Waals surface area contributed by atoms with Gasteiger partial charge in [0.05, 0.1) is 18.1 Å². The molecule has 1 fully saturated rings. The maximum absolute atomic E-state index is 12.3. The standard InChI is InChI=1S/C22H27N7O2/c1-3-16-10-18(31-22(30)26-12-15-4-8-24-9-5-15)11-19(16)21-28-27-20-14-25-13-17(29(20)21)6-7-23-2/h4-9,13-14,16,18-19,23H,3,10-12H2,1-2H3,(H,26,30)/b7-6-. The minimum atomic E-state index is -0.398. The van der Waals surface area contributed by atoms with E-state index in [9.17, 15) is 4.79 Å². The van der Waals surface area contributed by atoms with Gasteiger partial charge in [0, 0.05) is 31.9 Å². The number of fused-ring (bicyclic) bond motifs is 1. The Morgan fingerprint density at radius 2 is 2.06 bits per heavy atom. The summed E-state index contributed by atoms with van der Waals surface area (Å²) in [6.45, 7) is 2.58. The van der Waals surface area contributed by atoms with Crippen molar-refractivity contribution in [1.29, 1.82) is 0 Å². The minimum absolute atomic E-state index is 0.155. The number of amides is 1. The number of ether oxygens (including phenoxy) is 1. The fraction of sp³-hybridized carbons (Fsp3) is 0.409. The Hall–Kier alpha value is -3.49. The van der Waals surface area contributed by atoms with Crippen molar-refractivity contribution >= 4 is 17.8 Å². The molecule has 9 heteroatoms. The highest BCUT2D eigenvalue weighted by Gasteiger charge is 2.39. The Balaban J connectivity index is 1.47. The van der Waals surface area contributed by atoms with Gasteiger partial charge in [0.15, 0.2) is 5.65 Å². The molecule has 3 atom stereocenters. The fourth-order valence-corrected chi connectivity index (χ4v) is 4.23. The van der Waals surface area contributed by atoms with Gasteiger partial charge in [-0.2, -0.15) is 0 Å². The van der Waals surface area contributed by atoms with Crippen molar-refractivity contribution in [2.45, 2.75) is 44.8 Å². The van der Waals surface area contributed by atoms with E-state index in [-0.39, 0.29) is 12.0 Å². The van der Waals surface area contributed by atoms with Crippen molar-refractivity contribution in [2.24, 2.45) is 5.92 Å². The normalized spacial score (nSPS) is 20.9. The van der Waals surface area contributed by atoms with E-state index in [1.807, 2.05) is 35.9 Å². The van der Waals surface area contributed by atoms with E-state index in [1.54, 1.807) is 24.8 Å². The second-order valence-corrected chi connectivity index (χ2v) is 7.69. The number of aromatic nitrogens is 5. The van der Waals surface area contributed by atoms with E-state index in [0.717, 1.165) is 36.3 Å². The summed E-state index contributed by atoms with van der Waals surface area (Å²) < 4.78 is 7.78. The Morgan fingerprint density at radius 1 is 1.23 bits per heavy atom. The zero-order valence-corrected chi connectivity index (χ0v) is 17.7. The number of rotatable bonds is 7. The monoisotopic (exact) mass is 421 g/mol. The maximum Gasteiger partial charge on any atom is 0.407 e. The molecule has 0 aliphatic heterocycles. The lowest BCUT2D eigenvalue weighted by Crippen LogP contribution is -2.27. The molecule has 0 saturated heterocycles. The average Bonchev–Trinajstić information content (AvgIpc) is 3.41. The molecule has 0 bridgehead atoms. The van der Waals surface area contributed by atoms with Crippen LogP contribution in [-0.2, 0) is 11.3 Å². The topological polar surface area (TPSA) is 106 Å². The quantitative estimate of drug-likeness (QED) is 0.604. The molecule has 3 aromatic heterocycles. The Labute approximate surface area is 181 Å². The summed E-state index contributed by atoms with van der Waals surface area (Å²) in [7, 11) is 1.85. The molecule has 0 radical (unpaired) electrons. The van der Waals surface area contributed by atoms with Gasteiger partial charge >= 0.3 is 6.09 Å². The molecular formula is C22H27N7O2. The van der Waals surface area contributed by atoms with Gasteiger partial charge in [-0.15, -0.1) is 10.2 Å². The summed E-state index contributed by atoms with van der Waals surface area (Å²) in [6.07, 6.45) is 12.7. The number of hydrogen-bond acceptors (Lipinski definition) is 7. The molecular weight excluding hydrogens is 394 g/mol. The molecule has 4 rings (SSSR count). The largest absolute Gasteiger partial charge is 0.446 e. The molecule has 3 unspecified atom stereocenters. The van der Waals surface area contributed by atoms with Crippen LogP contribution in [-0.4, -0.2) is 43.8 Å². The number of hydrogen-bond donors (Lipinski definition) is 2. The van der Waals surface area contributed by atoms with Crippen molar-refractivity contribution < 1.29 is 9.53 Å². The molecule has 1 aliphatic carbocycles. The van der Waals surface area contributed by atoms with E-state index in [2.05, 4.69) is 37.7 Å². The highest BCUT2D eigenvalue weighted by atomic mass is 16.6. The maximum atomic E-state index is 12.3. The zero-order chi connectivity index (χ0) is 21.6. The lowest BCUT2D eigenvalue weighted by atomic mass is 9.93. The number of carbonyl (C=O) groups is 1. The van der Waals surface area contributed by atoms with Crippen LogP contribution in [0.1, 0.15) is 49.2 Å². The van der Waals surface area contributed by atoms with Crippen LogP contribution in [0.2, 0.25) is 0 Å². The van der Waals surface area contributed by atoms with Crippen LogP contribution >= 0.6 is 0 Å². The molecule has 1 amide bonds. The smallest absolute Gasteiger partial charge is 0.407 e. The predicted octanol–water partition coefficient (Wildman–Crippen LogP) is 2.91. The molecule has 31 heavy (non-hydrogen) atoms. The van der Waals surface area contributed by atoms with E-state index in [1.165, 1.54) is 0 Å². The molecule has 3 heterocycles. The van der Waals surface area contributed by atoms with Gasteiger partial charge in [0.25, 0.3) is 0 Å². The van der Waals surface area contributed by atoms with Crippen molar-refractivity contribution in [3.63, 3.8) is 0 Å². The van der Waals surface area contributed by atoms with Gasteiger partial charge < -0.3 is 15.4 Å². The van der Waals surface area contributed by atoms with Gasteiger partial charge in [-0.25, -0.2) is 4.79 Å². The third kappa shape index (κ3) is 4.65. The molecule has 9 nitrogen and oxygen atoms in total. The van der Waals surface area contributed by atoms with E-state index in [4.69, 9.17) is 4.74 Å². The summed E-state index contributed by atoms with van der Waals surface area (Å²) in [5.74, 6) is 1.41. The van der Waals surface area contributed by atoms with Crippen LogP contribution in [0.15, 0.2) is 43.1 Å². The predicted molar refractivity (Wildman–Crippen MR) is 116 cm³/mol. The molecule has 1 saturated carbocycles. The molecule has 2 N–H and O–H groups in total. The lowest BCUT2D eigenvalue weighted by Gasteiger charge is -2.16. The average molecular weight is 422 g/mol. The zero-order valence-electron chi connectivity index (χ0n) is 17.7. The van der Waals surface area contributed by atoms with Crippen molar-refractivity contribution in [3.8, 4) is 0 Å². The van der Waals surface area contributed by atoms with Gasteiger partial charge in [-0.05, 0) is 48.7 Å². The Morgan fingerprint density at radius 3 is 2.84 bits per heavy atom. The van der Waals surface area contributed by atoms with Gasteiger partial charge in [-0.3, -0.25) is 14.4 Å². The van der Waals surface area contributed by atoms with Crippen LogP contribution in [0.4, 0.5) is 4.79 Å². The molecule has 3 aromatic rings. The Bertz CT molecular complexity index is 1050.